The zero-order chi connectivity index (χ0) is 21.6. The van der Waals surface area contributed by atoms with Crippen LogP contribution in [0.4, 0.5) is 0 Å². The van der Waals surface area contributed by atoms with Gasteiger partial charge in [-0.25, -0.2) is 4.79 Å². The number of carbonyl (C=O) groups is 1. The molecule has 4 rings (SSSR count). The molecule has 1 N–H and O–H groups in total. The van der Waals surface area contributed by atoms with Crippen molar-refractivity contribution in [2.45, 2.75) is 56.2 Å². The zero-order valence-electron chi connectivity index (χ0n) is 17.9. The van der Waals surface area contributed by atoms with Crippen molar-refractivity contribution in [2.75, 3.05) is 26.0 Å². The quantitative estimate of drug-likeness (QED) is 0.473. The number of fused-ring (bicyclic) bond motifs is 1. The summed E-state index contributed by atoms with van der Waals surface area (Å²) in [5.74, 6) is 1.02. The summed E-state index contributed by atoms with van der Waals surface area (Å²) in [6, 6.07) is 7.80. The number of hydrogen-bond donors (Lipinski definition) is 1. The van der Waals surface area contributed by atoms with Crippen LogP contribution in [0.25, 0.3) is 0 Å². The highest BCUT2D eigenvalue weighted by Crippen LogP contribution is 2.29. The van der Waals surface area contributed by atoms with Gasteiger partial charge in [0.15, 0.2) is 0 Å². The molecule has 1 aliphatic carbocycles. The van der Waals surface area contributed by atoms with E-state index in [-0.39, 0.29) is 23.5 Å². The van der Waals surface area contributed by atoms with Crippen LogP contribution in [0, 0.1) is 0 Å². The van der Waals surface area contributed by atoms with E-state index in [1.807, 2.05) is 24.3 Å². The molecular formula is C23H29N3O4S. The van der Waals surface area contributed by atoms with Gasteiger partial charge < -0.3 is 14.8 Å². The molecule has 1 atom stereocenters. The Hall–Kier alpha value is -2.32. The van der Waals surface area contributed by atoms with Crippen molar-refractivity contribution in [3.63, 3.8) is 0 Å². The summed E-state index contributed by atoms with van der Waals surface area (Å²) in [5, 5.41) is 3.66. The molecule has 2 aliphatic rings. The number of carbonyl (C=O) groups excluding carboxylic acids is 1. The van der Waals surface area contributed by atoms with Crippen molar-refractivity contribution < 1.29 is 14.3 Å². The highest BCUT2D eigenvalue weighted by atomic mass is 32.2. The lowest BCUT2D eigenvalue weighted by Crippen LogP contribution is -2.32. The minimum Gasteiger partial charge on any atom is -0.496 e. The molecule has 1 aromatic carbocycles. The standard InChI is InChI=1S/C23H29N3O4S/c1-29-20-10-3-2-6-16(20)11-12-24-21(27)15-31-22-18-8-4-9-19(18)26(23(28)25-22)14-17-7-5-13-30-17/h2-3,6,10,17H,4-5,7-9,11-15H2,1H3,(H,24,27). The van der Waals surface area contributed by atoms with Gasteiger partial charge >= 0.3 is 5.69 Å². The van der Waals surface area contributed by atoms with Crippen LogP contribution < -0.4 is 15.7 Å². The van der Waals surface area contributed by atoms with Gasteiger partial charge in [-0.2, -0.15) is 4.98 Å². The minimum absolute atomic E-state index is 0.0584. The summed E-state index contributed by atoms with van der Waals surface area (Å²) in [4.78, 5) is 29.4. The number of aromatic nitrogens is 2. The first kappa shape index (κ1) is 21.9. The summed E-state index contributed by atoms with van der Waals surface area (Å²) in [6.45, 7) is 1.89. The number of methoxy groups -OCH3 is 1. The Bertz CT molecular complexity index is 985. The average Bonchev–Trinajstić information content (AvgIpc) is 3.47. The topological polar surface area (TPSA) is 82.5 Å². The average molecular weight is 444 g/mol. The lowest BCUT2D eigenvalue weighted by molar-refractivity contribution is -0.118. The second-order valence-corrected chi connectivity index (χ2v) is 8.89. The van der Waals surface area contributed by atoms with Gasteiger partial charge in [0.2, 0.25) is 5.91 Å². The zero-order valence-corrected chi connectivity index (χ0v) is 18.7. The Balaban J connectivity index is 1.34. The van der Waals surface area contributed by atoms with E-state index < -0.39 is 0 Å². The van der Waals surface area contributed by atoms with Crippen molar-refractivity contribution in [1.82, 2.24) is 14.9 Å². The van der Waals surface area contributed by atoms with Gasteiger partial charge in [-0.15, -0.1) is 0 Å². The fourth-order valence-electron chi connectivity index (χ4n) is 4.32. The third-order valence-corrected chi connectivity index (χ3v) is 6.88. The second-order valence-electron chi connectivity index (χ2n) is 7.92. The van der Waals surface area contributed by atoms with Gasteiger partial charge in [0.1, 0.15) is 10.8 Å². The number of thioether (sulfide) groups is 1. The van der Waals surface area contributed by atoms with E-state index in [9.17, 15) is 9.59 Å². The second kappa shape index (κ2) is 10.3. The van der Waals surface area contributed by atoms with Gasteiger partial charge in [0.25, 0.3) is 0 Å². The molecule has 1 saturated heterocycles. The normalized spacial score (nSPS) is 17.5. The van der Waals surface area contributed by atoms with E-state index in [1.165, 1.54) is 11.8 Å². The van der Waals surface area contributed by atoms with Crippen LogP contribution in [0.5, 0.6) is 5.75 Å². The van der Waals surface area contributed by atoms with E-state index in [2.05, 4.69) is 10.3 Å². The van der Waals surface area contributed by atoms with E-state index >= 15 is 0 Å². The molecule has 1 aliphatic heterocycles. The number of hydrogen-bond acceptors (Lipinski definition) is 6. The van der Waals surface area contributed by atoms with Crippen LogP contribution in [-0.2, 0) is 35.3 Å². The highest BCUT2D eigenvalue weighted by molar-refractivity contribution is 7.99. The number of benzene rings is 1. The summed E-state index contributed by atoms with van der Waals surface area (Å²) in [7, 11) is 1.65. The van der Waals surface area contributed by atoms with Crippen LogP contribution in [0.3, 0.4) is 0 Å². The lowest BCUT2D eigenvalue weighted by atomic mass is 10.1. The van der Waals surface area contributed by atoms with Gasteiger partial charge in [0, 0.05) is 24.4 Å². The summed E-state index contributed by atoms with van der Waals surface area (Å²) < 4.78 is 12.9. The number of ether oxygens (including phenoxy) is 2. The molecular weight excluding hydrogens is 414 g/mol. The molecule has 0 bridgehead atoms. The summed E-state index contributed by atoms with van der Waals surface area (Å²) in [5.41, 5.74) is 3.04. The molecule has 1 aromatic heterocycles. The van der Waals surface area contributed by atoms with Crippen molar-refractivity contribution in [3.05, 3.63) is 51.6 Å². The first-order valence-electron chi connectivity index (χ1n) is 10.9. The van der Waals surface area contributed by atoms with Gasteiger partial charge in [-0.3, -0.25) is 9.36 Å². The van der Waals surface area contributed by atoms with Crippen molar-refractivity contribution in [3.8, 4) is 5.75 Å². The van der Waals surface area contributed by atoms with E-state index in [0.717, 1.165) is 61.3 Å². The molecule has 0 radical (unpaired) electrons. The van der Waals surface area contributed by atoms with Crippen LogP contribution in [0.1, 0.15) is 36.1 Å². The first-order chi connectivity index (χ1) is 15.2. The SMILES string of the molecule is COc1ccccc1CCNC(=O)CSc1nc(=O)n(CC2CCCO2)c2c1CCC2. The molecule has 8 heteroatoms. The van der Waals surface area contributed by atoms with E-state index in [4.69, 9.17) is 9.47 Å². The number of nitrogens with one attached hydrogen (secondary N) is 1. The third kappa shape index (κ3) is 5.30. The van der Waals surface area contributed by atoms with Gasteiger partial charge in [0.05, 0.1) is 25.5 Å². The predicted molar refractivity (Wildman–Crippen MR) is 120 cm³/mol. The summed E-state index contributed by atoms with van der Waals surface area (Å²) in [6.07, 6.45) is 5.67. The Morgan fingerprint density at radius 2 is 2.19 bits per heavy atom. The maximum atomic E-state index is 12.7. The Morgan fingerprint density at radius 3 is 3.00 bits per heavy atom. The van der Waals surface area contributed by atoms with Gasteiger partial charge in [-0.1, -0.05) is 30.0 Å². The van der Waals surface area contributed by atoms with E-state index in [1.54, 1.807) is 11.7 Å². The van der Waals surface area contributed by atoms with Gasteiger partial charge in [-0.05, 0) is 50.2 Å². The summed E-state index contributed by atoms with van der Waals surface area (Å²) >= 11 is 1.36. The Kier molecular flexibility index (Phi) is 7.29. The maximum absolute atomic E-state index is 12.7. The molecule has 0 saturated carbocycles. The monoisotopic (exact) mass is 443 g/mol. The predicted octanol–water partition coefficient (Wildman–Crippen LogP) is 2.37. The third-order valence-electron chi connectivity index (χ3n) is 5.86. The molecule has 31 heavy (non-hydrogen) atoms. The van der Waals surface area contributed by atoms with Crippen LogP contribution >= 0.6 is 11.8 Å². The van der Waals surface area contributed by atoms with Crippen molar-refractivity contribution in [1.29, 1.82) is 0 Å². The van der Waals surface area contributed by atoms with Crippen LogP contribution in [0.2, 0.25) is 0 Å². The number of para-hydroxylation sites is 1. The van der Waals surface area contributed by atoms with Crippen molar-refractivity contribution in [2.24, 2.45) is 0 Å². The molecule has 1 unspecified atom stereocenters. The largest absolute Gasteiger partial charge is 0.496 e. The Labute approximate surface area is 186 Å². The van der Waals surface area contributed by atoms with Crippen LogP contribution in [-0.4, -0.2) is 47.6 Å². The number of rotatable bonds is 9. The van der Waals surface area contributed by atoms with E-state index in [0.29, 0.717) is 24.5 Å². The first-order valence-corrected chi connectivity index (χ1v) is 11.9. The molecule has 2 aromatic rings. The highest BCUT2D eigenvalue weighted by Gasteiger charge is 2.25. The lowest BCUT2D eigenvalue weighted by Gasteiger charge is -2.17. The molecule has 1 fully saturated rings. The Morgan fingerprint density at radius 1 is 1.32 bits per heavy atom. The molecule has 1 amide bonds. The molecule has 2 heterocycles. The smallest absolute Gasteiger partial charge is 0.348 e. The number of amides is 1. The maximum Gasteiger partial charge on any atom is 0.348 e. The number of nitrogens with zero attached hydrogens (tertiary/aromatic N) is 2. The fourth-order valence-corrected chi connectivity index (χ4v) is 5.22. The fraction of sp³-hybridized carbons (Fsp3) is 0.522. The molecule has 7 nitrogen and oxygen atoms in total. The van der Waals surface area contributed by atoms with Crippen molar-refractivity contribution >= 4 is 17.7 Å². The van der Waals surface area contributed by atoms with Crippen LogP contribution in [0.15, 0.2) is 34.1 Å². The minimum atomic E-state index is -0.227. The molecule has 166 valence electrons. The molecule has 0 spiro atoms.